The summed E-state index contributed by atoms with van der Waals surface area (Å²) < 4.78 is 26.9. The molecule has 1 aromatic carbocycles. The number of carbonyl (C=O) groups is 2. The SMILES string of the molecule is Cc1noc(C)c1-c1ccc2c(c1)C(=NS(=O)C(C)(C)C)C(=O)N2C(=O)OC(C)(C)C.S. The molecule has 0 fully saturated rings. The first-order chi connectivity index (χ1) is 14.2. The number of aryl methyl sites for hydroxylation is 2. The number of ether oxygens (including phenoxy) is 1. The maximum atomic E-state index is 13.2. The molecular weight excluding hydrogens is 450 g/mol. The molecule has 174 valence electrons. The molecule has 0 N–H and O–H groups in total. The van der Waals surface area contributed by atoms with E-state index in [2.05, 4.69) is 9.55 Å². The Labute approximate surface area is 197 Å². The number of benzene rings is 1. The smallest absolute Gasteiger partial charge is 0.422 e. The number of fused-ring (bicyclic) bond motifs is 1. The molecule has 0 radical (unpaired) electrons. The molecule has 32 heavy (non-hydrogen) atoms. The molecule has 2 heterocycles. The summed E-state index contributed by atoms with van der Waals surface area (Å²) >= 11 is 0. The van der Waals surface area contributed by atoms with Crippen LogP contribution in [0, 0.1) is 13.8 Å². The van der Waals surface area contributed by atoms with Crippen molar-refractivity contribution in [1.82, 2.24) is 5.16 Å². The van der Waals surface area contributed by atoms with E-state index in [-0.39, 0.29) is 19.2 Å². The summed E-state index contributed by atoms with van der Waals surface area (Å²) in [7, 11) is -1.70. The lowest BCUT2D eigenvalue weighted by Crippen LogP contribution is -2.40. The summed E-state index contributed by atoms with van der Waals surface area (Å²) in [6.45, 7) is 14.1. The molecule has 1 atom stereocenters. The van der Waals surface area contributed by atoms with Gasteiger partial charge in [-0.2, -0.15) is 17.9 Å². The number of aromatic nitrogens is 1. The van der Waals surface area contributed by atoms with Gasteiger partial charge in [0.05, 0.1) is 16.1 Å². The van der Waals surface area contributed by atoms with Gasteiger partial charge in [-0.15, -0.1) is 0 Å². The van der Waals surface area contributed by atoms with E-state index in [1.165, 1.54) is 0 Å². The van der Waals surface area contributed by atoms with E-state index in [0.29, 0.717) is 22.7 Å². The van der Waals surface area contributed by atoms with Gasteiger partial charge in [0, 0.05) is 11.1 Å². The standard InChI is InChI=1S/C22H27N3O5S.H2S/c1-12-17(13(2)30-23-12)14-9-10-16-15(11-14)18(24-31(28)22(6,7)8)19(26)25(16)20(27)29-21(3,4)5;/h9-11H,1-8H3;1H2. The topological polar surface area (TPSA) is 102 Å². The summed E-state index contributed by atoms with van der Waals surface area (Å²) in [6.07, 6.45) is -0.810. The molecule has 0 spiro atoms. The zero-order chi connectivity index (χ0) is 23.3. The molecule has 0 aliphatic carbocycles. The van der Waals surface area contributed by atoms with E-state index < -0.39 is 33.3 Å². The van der Waals surface area contributed by atoms with Gasteiger partial charge in [0.1, 0.15) is 28.1 Å². The van der Waals surface area contributed by atoms with Crippen LogP contribution in [0.3, 0.4) is 0 Å². The van der Waals surface area contributed by atoms with Crippen LogP contribution in [0.15, 0.2) is 27.1 Å². The van der Waals surface area contributed by atoms with E-state index in [0.717, 1.165) is 16.0 Å². The molecule has 3 rings (SSSR count). The second kappa shape index (κ2) is 8.82. The Hall–Kier alpha value is -2.46. The van der Waals surface area contributed by atoms with Gasteiger partial charge in [-0.3, -0.25) is 4.79 Å². The molecule has 1 unspecified atom stereocenters. The van der Waals surface area contributed by atoms with Crippen molar-refractivity contribution < 1.29 is 23.1 Å². The first-order valence-corrected chi connectivity index (χ1v) is 11.0. The number of amides is 2. The minimum Gasteiger partial charge on any atom is -0.443 e. The minimum absolute atomic E-state index is 0. The van der Waals surface area contributed by atoms with E-state index in [4.69, 9.17) is 9.26 Å². The highest BCUT2D eigenvalue weighted by Gasteiger charge is 2.41. The summed E-state index contributed by atoms with van der Waals surface area (Å²) in [4.78, 5) is 27.0. The molecule has 8 nitrogen and oxygen atoms in total. The Bertz CT molecular complexity index is 1100. The lowest BCUT2D eigenvalue weighted by Gasteiger charge is -2.23. The molecule has 10 heteroatoms. The number of nitrogens with zero attached hydrogens (tertiary/aromatic N) is 3. The molecule has 1 aliphatic rings. The number of hydrogen-bond donors (Lipinski definition) is 0. The normalized spacial score (nSPS) is 16.1. The fourth-order valence-corrected chi connectivity index (χ4v) is 3.71. The fraction of sp³-hybridized carbons (Fsp3) is 0.455. The lowest BCUT2D eigenvalue weighted by molar-refractivity contribution is -0.112. The number of carbonyl (C=O) groups excluding carboxylic acids is 2. The van der Waals surface area contributed by atoms with Crippen molar-refractivity contribution >= 4 is 47.9 Å². The predicted octanol–water partition coefficient (Wildman–Crippen LogP) is 4.60. The zero-order valence-corrected chi connectivity index (χ0v) is 21.3. The van der Waals surface area contributed by atoms with E-state index in [9.17, 15) is 13.8 Å². The largest absolute Gasteiger partial charge is 0.443 e. The van der Waals surface area contributed by atoms with Gasteiger partial charge in [0.2, 0.25) is 0 Å². The van der Waals surface area contributed by atoms with E-state index >= 15 is 0 Å². The Morgan fingerprint density at radius 1 is 1.16 bits per heavy atom. The first-order valence-electron chi connectivity index (χ1n) is 9.86. The van der Waals surface area contributed by atoms with Gasteiger partial charge < -0.3 is 9.26 Å². The first kappa shape index (κ1) is 25.8. The van der Waals surface area contributed by atoms with Gasteiger partial charge >= 0.3 is 6.09 Å². The number of rotatable bonds is 2. The Kier molecular flexibility index (Phi) is 7.11. The minimum atomic E-state index is -1.70. The van der Waals surface area contributed by atoms with Crippen molar-refractivity contribution in [2.45, 2.75) is 65.7 Å². The zero-order valence-electron chi connectivity index (χ0n) is 19.5. The molecular formula is C22H29N3O5S2. The van der Waals surface area contributed by atoms with Crippen LogP contribution in [-0.4, -0.2) is 37.4 Å². The predicted molar refractivity (Wildman–Crippen MR) is 130 cm³/mol. The molecule has 1 aromatic heterocycles. The third kappa shape index (κ3) is 4.96. The average molecular weight is 480 g/mol. The van der Waals surface area contributed by atoms with Crippen molar-refractivity contribution in [3.05, 3.63) is 35.2 Å². The van der Waals surface area contributed by atoms with Crippen molar-refractivity contribution in [3.8, 4) is 11.1 Å². The van der Waals surface area contributed by atoms with Gasteiger partial charge in [0.25, 0.3) is 5.91 Å². The van der Waals surface area contributed by atoms with E-state index in [1.54, 1.807) is 66.7 Å². The van der Waals surface area contributed by atoms with Crippen molar-refractivity contribution in [1.29, 1.82) is 0 Å². The van der Waals surface area contributed by atoms with Crippen LogP contribution in [0.1, 0.15) is 58.6 Å². The van der Waals surface area contributed by atoms with Crippen LogP contribution in [0.25, 0.3) is 11.1 Å². The van der Waals surface area contributed by atoms with Gasteiger partial charge in [-0.25, -0.2) is 13.9 Å². The monoisotopic (exact) mass is 479 g/mol. The second-order valence-corrected chi connectivity index (χ2v) is 11.3. The molecule has 0 bridgehead atoms. The summed E-state index contributed by atoms with van der Waals surface area (Å²) in [6, 6.07) is 5.17. The third-order valence-electron chi connectivity index (χ3n) is 4.49. The van der Waals surface area contributed by atoms with Crippen LogP contribution in [0.2, 0.25) is 0 Å². The fourth-order valence-electron chi connectivity index (χ4n) is 3.10. The van der Waals surface area contributed by atoms with Gasteiger partial charge in [-0.05, 0) is 73.1 Å². The molecule has 0 saturated heterocycles. The second-order valence-electron chi connectivity index (χ2n) is 9.35. The average Bonchev–Trinajstić information content (AvgIpc) is 3.09. The van der Waals surface area contributed by atoms with Crippen molar-refractivity contribution in [2.24, 2.45) is 4.40 Å². The van der Waals surface area contributed by atoms with Crippen LogP contribution >= 0.6 is 13.5 Å². The third-order valence-corrected chi connectivity index (χ3v) is 5.89. The highest BCUT2D eigenvalue weighted by atomic mass is 32.2. The highest BCUT2D eigenvalue weighted by molar-refractivity contribution is 7.85. The molecule has 1 aliphatic heterocycles. The number of hydrogen-bond acceptors (Lipinski definition) is 6. The van der Waals surface area contributed by atoms with Gasteiger partial charge in [0.15, 0.2) is 0 Å². The maximum Gasteiger partial charge on any atom is 0.422 e. The molecule has 2 aromatic rings. The number of imide groups is 1. The summed E-state index contributed by atoms with van der Waals surface area (Å²) in [5, 5.41) is 3.98. The highest BCUT2D eigenvalue weighted by Crippen LogP contribution is 2.36. The Morgan fingerprint density at radius 2 is 1.78 bits per heavy atom. The summed E-state index contributed by atoms with van der Waals surface area (Å²) in [5.74, 6) is -0.0414. The van der Waals surface area contributed by atoms with E-state index in [1.807, 2.05) is 6.92 Å². The van der Waals surface area contributed by atoms with Crippen molar-refractivity contribution in [2.75, 3.05) is 4.90 Å². The van der Waals surface area contributed by atoms with Crippen LogP contribution in [0.5, 0.6) is 0 Å². The molecule has 0 saturated carbocycles. The maximum absolute atomic E-state index is 13.2. The van der Waals surface area contributed by atoms with Crippen LogP contribution in [-0.2, 0) is 20.5 Å². The molecule has 2 amide bonds. The summed E-state index contributed by atoms with van der Waals surface area (Å²) in [5.41, 5.74) is 2.16. The van der Waals surface area contributed by atoms with Crippen molar-refractivity contribution in [3.63, 3.8) is 0 Å². The van der Waals surface area contributed by atoms with Crippen LogP contribution < -0.4 is 4.90 Å². The van der Waals surface area contributed by atoms with Gasteiger partial charge in [-0.1, -0.05) is 11.2 Å². The van der Waals surface area contributed by atoms with Crippen LogP contribution in [0.4, 0.5) is 10.5 Å². The number of anilines is 1. The Balaban J connectivity index is 0.00000363. The lowest BCUT2D eigenvalue weighted by atomic mass is 10.00. The quantitative estimate of drug-likeness (QED) is 0.624. The Morgan fingerprint density at radius 3 is 2.28 bits per heavy atom.